The second-order valence-corrected chi connectivity index (χ2v) is 5.26. The van der Waals surface area contributed by atoms with Crippen LogP contribution in [0.2, 0.25) is 0 Å². The summed E-state index contributed by atoms with van der Waals surface area (Å²) in [6.07, 6.45) is 13.3. The Bertz CT molecular complexity index is 185. The molecule has 0 aliphatic heterocycles. The van der Waals surface area contributed by atoms with Gasteiger partial charge < -0.3 is 9.80 Å². The van der Waals surface area contributed by atoms with Crippen molar-refractivity contribution in [1.82, 2.24) is 9.80 Å². The van der Waals surface area contributed by atoms with Crippen molar-refractivity contribution in [2.45, 2.75) is 58.3 Å². The standard InChI is InChI=1S/C15H32N2/c1-6-7-8-9-10-11-12-13-14-15(16(2)3)17(4)5/h14H,6-13H2,1-5H3. The van der Waals surface area contributed by atoms with E-state index >= 15 is 0 Å². The van der Waals surface area contributed by atoms with Crippen molar-refractivity contribution in [2.24, 2.45) is 0 Å². The van der Waals surface area contributed by atoms with Crippen LogP contribution >= 0.6 is 0 Å². The Balaban J connectivity index is 3.57. The van der Waals surface area contributed by atoms with Crippen molar-refractivity contribution in [2.75, 3.05) is 28.2 Å². The van der Waals surface area contributed by atoms with E-state index in [0.29, 0.717) is 0 Å². The van der Waals surface area contributed by atoms with Crippen molar-refractivity contribution >= 4 is 0 Å². The predicted molar refractivity (Wildman–Crippen MR) is 78.1 cm³/mol. The molecule has 0 unspecified atom stereocenters. The van der Waals surface area contributed by atoms with Crippen LogP contribution in [0.15, 0.2) is 11.9 Å². The van der Waals surface area contributed by atoms with Crippen molar-refractivity contribution in [3.63, 3.8) is 0 Å². The van der Waals surface area contributed by atoms with E-state index in [1.54, 1.807) is 0 Å². The zero-order valence-electron chi connectivity index (χ0n) is 12.6. The van der Waals surface area contributed by atoms with Crippen molar-refractivity contribution in [3.8, 4) is 0 Å². The Labute approximate surface area is 109 Å². The first-order valence-electron chi connectivity index (χ1n) is 7.14. The smallest absolute Gasteiger partial charge is 0.0987 e. The maximum absolute atomic E-state index is 2.35. The highest BCUT2D eigenvalue weighted by Crippen LogP contribution is 2.10. The maximum atomic E-state index is 2.35. The van der Waals surface area contributed by atoms with Gasteiger partial charge in [-0.1, -0.05) is 45.4 Å². The molecule has 0 aromatic carbocycles. The fraction of sp³-hybridized carbons (Fsp3) is 0.867. The van der Waals surface area contributed by atoms with Gasteiger partial charge in [-0.15, -0.1) is 0 Å². The van der Waals surface area contributed by atoms with E-state index in [2.05, 4.69) is 51.0 Å². The number of rotatable bonds is 10. The molecule has 0 fully saturated rings. The van der Waals surface area contributed by atoms with Crippen LogP contribution < -0.4 is 0 Å². The van der Waals surface area contributed by atoms with E-state index in [0.717, 1.165) is 0 Å². The minimum atomic E-state index is 1.21. The minimum absolute atomic E-state index is 1.21. The molecule has 102 valence electrons. The van der Waals surface area contributed by atoms with Gasteiger partial charge in [-0.25, -0.2) is 0 Å². The molecule has 0 radical (unpaired) electrons. The maximum Gasteiger partial charge on any atom is 0.0987 e. The quantitative estimate of drug-likeness (QED) is 0.531. The largest absolute Gasteiger partial charge is 0.365 e. The van der Waals surface area contributed by atoms with Crippen LogP contribution in [0.25, 0.3) is 0 Å². The molecule has 17 heavy (non-hydrogen) atoms. The molecule has 2 heteroatoms. The number of hydrogen-bond acceptors (Lipinski definition) is 2. The van der Waals surface area contributed by atoms with E-state index < -0.39 is 0 Å². The van der Waals surface area contributed by atoms with Gasteiger partial charge >= 0.3 is 0 Å². The van der Waals surface area contributed by atoms with Crippen molar-refractivity contribution < 1.29 is 0 Å². The third-order valence-corrected chi connectivity index (χ3v) is 3.05. The molecule has 0 N–H and O–H groups in total. The van der Waals surface area contributed by atoms with Gasteiger partial charge in [-0.3, -0.25) is 0 Å². The van der Waals surface area contributed by atoms with Crippen molar-refractivity contribution in [1.29, 1.82) is 0 Å². The Morgan fingerprint density at radius 2 is 1.24 bits per heavy atom. The summed E-state index contributed by atoms with van der Waals surface area (Å²) in [6.45, 7) is 2.27. The van der Waals surface area contributed by atoms with Crippen LogP contribution in [-0.4, -0.2) is 38.0 Å². The second-order valence-electron chi connectivity index (χ2n) is 5.26. The minimum Gasteiger partial charge on any atom is -0.365 e. The first-order chi connectivity index (χ1) is 8.09. The molecule has 0 heterocycles. The molecule has 0 spiro atoms. The third kappa shape index (κ3) is 9.08. The van der Waals surface area contributed by atoms with Gasteiger partial charge in [0.05, 0.1) is 5.82 Å². The van der Waals surface area contributed by atoms with Crippen molar-refractivity contribution in [3.05, 3.63) is 11.9 Å². The van der Waals surface area contributed by atoms with Gasteiger partial charge in [-0.2, -0.15) is 0 Å². The predicted octanol–water partition coefficient (Wildman–Crippen LogP) is 4.09. The van der Waals surface area contributed by atoms with Gasteiger partial charge in [0.1, 0.15) is 0 Å². The summed E-state index contributed by atoms with van der Waals surface area (Å²) in [5.74, 6) is 1.32. The molecule has 0 bridgehead atoms. The van der Waals surface area contributed by atoms with Crippen LogP contribution in [0, 0.1) is 0 Å². The van der Waals surface area contributed by atoms with E-state index in [1.807, 2.05) is 0 Å². The number of nitrogens with zero attached hydrogens (tertiary/aromatic N) is 2. The number of hydrogen-bond donors (Lipinski definition) is 0. The van der Waals surface area contributed by atoms with Crippen LogP contribution in [0.3, 0.4) is 0 Å². The lowest BCUT2D eigenvalue weighted by Gasteiger charge is -2.24. The van der Waals surface area contributed by atoms with Gasteiger partial charge in [0.2, 0.25) is 0 Å². The van der Waals surface area contributed by atoms with Gasteiger partial charge in [-0.05, 0) is 18.9 Å². The van der Waals surface area contributed by atoms with E-state index in [-0.39, 0.29) is 0 Å². The van der Waals surface area contributed by atoms with Crippen LogP contribution in [0.5, 0.6) is 0 Å². The molecule has 0 amide bonds. The molecule has 2 nitrogen and oxygen atoms in total. The lowest BCUT2D eigenvalue weighted by molar-refractivity contribution is 0.339. The fourth-order valence-electron chi connectivity index (χ4n) is 2.10. The fourth-order valence-corrected chi connectivity index (χ4v) is 2.10. The first-order valence-corrected chi connectivity index (χ1v) is 7.14. The number of allylic oxidation sites excluding steroid dienone is 1. The summed E-state index contributed by atoms with van der Waals surface area (Å²) < 4.78 is 0. The molecular formula is C15H32N2. The summed E-state index contributed by atoms with van der Waals surface area (Å²) in [5.41, 5.74) is 0. The molecule has 0 aliphatic rings. The average molecular weight is 240 g/mol. The summed E-state index contributed by atoms with van der Waals surface area (Å²) >= 11 is 0. The monoisotopic (exact) mass is 240 g/mol. The van der Waals surface area contributed by atoms with Crippen LogP contribution in [0.4, 0.5) is 0 Å². The van der Waals surface area contributed by atoms with Gasteiger partial charge in [0, 0.05) is 28.2 Å². The zero-order valence-corrected chi connectivity index (χ0v) is 12.6. The van der Waals surface area contributed by atoms with Crippen LogP contribution in [0.1, 0.15) is 58.3 Å². The van der Waals surface area contributed by atoms with Gasteiger partial charge in [0.25, 0.3) is 0 Å². The Morgan fingerprint density at radius 3 is 1.71 bits per heavy atom. The zero-order chi connectivity index (χ0) is 13.1. The Kier molecular flexibility index (Phi) is 10.1. The van der Waals surface area contributed by atoms with Crippen LogP contribution in [-0.2, 0) is 0 Å². The lowest BCUT2D eigenvalue weighted by Crippen LogP contribution is -2.24. The highest BCUT2D eigenvalue weighted by atomic mass is 15.3. The SMILES string of the molecule is CCCCCCCCCC=C(N(C)C)N(C)C. The second kappa shape index (κ2) is 10.5. The lowest BCUT2D eigenvalue weighted by atomic mass is 10.1. The summed E-state index contributed by atoms with van der Waals surface area (Å²) in [6, 6.07) is 0. The highest BCUT2D eigenvalue weighted by molar-refractivity contribution is 4.96. The summed E-state index contributed by atoms with van der Waals surface area (Å²) in [4.78, 5) is 4.36. The topological polar surface area (TPSA) is 6.48 Å². The summed E-state index contributed by atoms with van der Waals surface area (Å²) in [5, 5.41) is 0. The Morgan fingerprint density at radius 1 is 0.765 bits per heavy atom. The molecule has 0 aromatic heterocycles. The third-order valence-electron chi connectivity index (χ3n) is 3.05. The molecule has 0 aliphatic carbocycles. The molecule has 0 rings (SSSR count). The highest BCUT2D eigenvalue weighted by Gasteiger charge is 2.00. The molecule has 0 saturated carbocycles. The van der Waals surface area contributed by atoms with E-state index in [9.17, 15) is 0 Å². The molecule has 0 atom stereocenters. The molecule has 0 aromatic rings. The van der Waals surface area contributed by atoms with E-state index in [1.165, 1.54) is 57.2 Å². The summed E-state index contributed by atoms with van der Waals surface area (Å²) in [7, 11) is 8.43. The first kappa shape index (κ1) is 16.3. The number of unbranched alkanes of at least 4 members (excludes halogenated alkanes) is 7. The average Bonchev–Trinajstić information content (AvgIpc) is 2.26. The van der Waals surface area contributed by atoms with E-state index in [4.69, 9.17) is 0 Å². The Hall–Kier alpha value is -0.660. The van der Waals surface area contributed by atoms with Gasteiger partial charge in [0.15, 0.2) is 0 Å². The molecular weight excluding hydrogens is 208 g/mol. The normalized spacial score (nSPS) is 10.2. The molecule has 0 saturated heterocycles.